The SMILES string of the molecule is CCC(C)N(C)Cc1cc(C)c(CN)o1. The summed E-state index contributed by atoms with van der Waals surface area (Å²) in [5.74, 6) is 1.92. The van der Waals surface area contributed by atoms with E-state index >= 15 is 0 Å². The number of hydrogen-bond acceptors (Lipinski definition) is 3. The molecule has 2 N–H and O–H groups in total. The van der Waals surface area contributed by atoms with E-state index < -0.39 is 0 Å². The Bertz CT molecular complexity index is 307. The van der Waals surface area contributed by atoms with Gasteiger partial charge in [0.25, 0.3) is 0 Å². The zero-order valence-corrected chi connectivity index (χ0v) is 10.2. The molecule has 0 saturated carbocycles. The minimum Gasteiger partial charge on any atom is -0.463 e. The van der Waals surface area contributed by atoms with Crippen LogP contribution >= 0.6 is 0 Å². The van der Waals surface area contributed by atoms with Gasteiger partial charge in [-0.2, -0.15) is 0 Å². The van der Waals surface area contributed by atoms with Gasteiger partial charge in [-0.1, -0.05) is 6.92 Å². The summed E-state index contributed by atoms with van der Waals surface area (Å²) in [6, 6.07) is 2.66. The highest BCUT2D eigenvalue weighted by molar-refractivity contribution is 5.19. The van der Waals surface area contributed by atoms with Crippen molar-refractivity contribution in [3.63, 3.8) is 0 Å². The van der Waals surface area contributed by atoms with E-state index in [0.717, 1.165) is 30.0 Å². The highest BCUT2D eigenvalue weighted by atomic mass is 16.3. The highest BCUT2D eigenvalue weighted by Gasteiger charge is 2.11. The minimum atomic E-state index is 0.485. The molecule has 3 nitrogen and oxygen atoms in total. The fourth-order valence-corrected chi connectivity index (χ4v) is 1.58. The Morgan fingerprint density at radius 1 is 1.53 bits per heavy atom. The molecule has 1 rings (SSSR count). The number of rotatable bonds is 5. The Balaban J connectivity index is 2.64. The molecule has 0 aliphatic carbocycles. The maximum absolute atomic E-state index is 5.66. The summed E-state index contributed by atoms with van der Waals surface area (Å²) in [6.45, 7) is 7.80. The molecule has 0 amide bonds. The fraction of sp³-hybridized carbons (Fsp3) is 0.667. The van der Waals surface area contributed by atoms with Gasteiger partial charge in [-0.25, -0.2) is 0 Å². The maximum atomic E-state index is 5.66. The first-order valence-corrected chi connectivity index (χ1v) is 5.57. The van der Waals surface area contributed by atoms with Crippen LogP contribution in [0.15, 0.2) is 10.5 Å². The number of aryl methyl sites for hydroxylation is 1. The van der Waals surface area contributed by atoms with Crippen LogP contribution in [0.2, 0.25) is 0 Å². The number of nitrogens with two attached hydrogens (primary N) is 1. The predicted octanol–water partition coefficient (Wildman–Crippen LogP) is 2.28. The van der Waals surface area contributed by atoms with Crippen molar-refractivity contribution in [1.82, 2.24) is 4.90 Å². The molecule has 3 heteroatoms. The first kappa shape index (κ1) is 12.3. The molecule has 0 fully saturated rings. The summed E-state index contributed by atoms with van der Waals surface area (Å²) in [7, 11) is 2.12. The van der Waals surface area contributed by atoms with Crippen LogP contribution in [0, 0.1) is 6.92 Å². The lowest BCUT2D eigenvalue weighted by molar-refractivity contribution is 0.223. The van der Waals surface area contributed by atoms with Gasteiger partial charge < -0.3 is 10.2 Å². The van der Waals surface area contributed by atoms with Gasteiger partial charge >= 0.3 is 0 Å². The second-order valence-corrected chi connectivity index (χ2v) is 4.20. The molecule has 0 radical (unpaired) electrons. The molecule has 1 atom stereocenters. The van der Waals surface area contributed by atoms with Gasteiger partial charge in [0, 0.05) is 6.04 Å². The molecule has 1 aromatic heterocycles. The molecule has 0 saturated heterocycles. The predicted molar refractivity (Wildman–Crippen MR) is 62.6 cm³/mol. The number of nitrogens with zero attached hydrogens (tertiary/aromatic N) is 1. The van der Waals surface area contributed by atoms with Gasteiger partial charge in [-0.3, -0.25) is 4.90 Å². The lowest BCUT2D eigenvalue weighted by atomic mass is 10.2. The van der Waals surface area contributed by atoms with Gasteiger partial charge in [-0.15, -0.1) is 0 Å². The monoisotopic (exact) mass is 210 g/mol. The molecule has 15 heavy (non-hydrogen) atoms. The molecule has 1 heterocycles. The quantitative estimate of drug-likeness (QED) is 0.810. The third-order valence-electron chi connectivity index (χ3n) is 3.01. The summed E-state index contributed by atoms with van der Waals surface area (Å²) < 4.78 is 5.66. The van der Waals surface area contributed by atoms with E-state index in [0.29, 0.717) is 12.6 Å². The van der Waals surface area contributed by atoms with E-state index in [-0.39, 0.29) is 0 Å². The van der Waals surface area contributed by atoms with Crippen molar-refractivity contribution in [2.45, 2.75) is 46.3 Å². The van der Waals surface area contributed by atoms with Crippen LogP contribution in [0.4, 0.5) is 0 Å². The Morgan fingerprint density at radius 2 is 2.20 bits per heavy atom. The summed E-state index contributed by atoms with van der Waals surface area (Å²) in [5, 5.41) is 0. The highest BCUT2D eigenvalue weighted by Crippen LogP contribution is 2.16. The molecule has 1 aromatic rings. The van der Waals surface area contributed by atoms with Crippen LogP contribution < -0.4 is 5.73 Å². The zero-order chi connectivity index (χ0) is 11.4. The average molecular weight is 210 g/mol. The maximum Gasteiger partial charge on any atom is 0.120 e. The second-order valence-electron chi connectivity index (χ2n) is 4.20. The fourth-order valence-electron chi connectivity index (χ4n) is 1.58. The number of hydrogen-bond donors (Lipinski definition) is 1. The topological polar surface area (TPSA) is 42.4 Å². The molecule has 1 unspecified atom stereocenters. The largest absolute Gasteiger partial charge is 0.463 e. The smallest absolute Gasteiger partial charge is 0.120 e. The van der Waals surface area contributed by atoms with Gasteiger partial charge in [0.15, 0.2) is 0 Å². The second kappa shape index (κ2) is 5.33. The van der Waals surface area contributed by atoms with Crippen molar-refractivity contribution < 1.29 is 4.42 Å². The van der Waals surface area contributed by atoms with Crippen molar-refractivity contribution in [3.05, 3.63) is 23.2 Å². The Morgan fingerprint density at radius 3 is 2.67 bits per heavy atom. The van der Waals surface area contributed by atoms with Gasteiger partial charge in [0.2, 0.25) is 0 Å². The Labute approximate surface area is 92.2 Å². The number of furan rings is 1. The van der Waals surface area contributed by atoms with Crippen molar-refractivity contribution in [2.24, 2.45) is 5.73 Å². The molecule has 0 spiro atoms. The average Bonchev–Trinajstić information content (AvgIpc) is 2.57. The van der Waals surface area contributed by atoms with Crippen LogP contribution in [-0.2, 0) is 13.1 Å². The van der Waals surface area contributed by atoms with Gasteiger partial charge in [0.1, 0.15) is 11.5 Å². The van der Waals surface area contributed by atoms with Gasteiger partial charge in [-0.05, 0) is 38.9 Å². The third-order valence-corrected chi connectivity index (χ3v) is 3.01. The van der Waals surface area contributed by atoms with Crippen LogP contribution in [0.25, 0.3) is 0 Å². The molecule has 0 bridgehead atoms. The summed E-state index contributed by atoms with van der Waals surface area (Å²) in [4.78, 5) is 2.29. The van der Waals surface area contributed by atoms with Crippen LogP contribution in [-0.4, -0.2) is 18.0 Å². The van der Waals surface area contributed by atoms with Crippen molar-refractivity contribution in [1.29, 1.82) is 0 Å². The first-order valence-electron chi connectivity index (χ1n) is 5.57. The Kier molecular flexibility index (Phi) is 4.36. The summed E-state index contributed by atoms with van der Waals surface area (Å²) in [6.07, 6.45) is 1.15. The van der Waals surface area contributed by atoms with Crippen molar-refractivity contribution in [2.75, 3.05) is 7.05 Å². The molecular weight excluding hydrogens is 188 g/mol. The first-order chi connectivity index (χ1) is 7.08. The minimum absolute atomic E-state index is 0.485. The Hall–Kier alpha value is -0.800. The van der Waals surface area contributed by atoms with E-state index in [4.69, 9.17) is 10.2 Å². The molecular formula is C12H22N2O. The van der Waals surface area contributed by atoms with Crippen LogP contribution in [0.5, 0.6) is 0 Å². The molecule has 86 valence electrons. The van der Waals surface area contributed by atoms with Crippen molar-refractivity contribution in [3.8, 4) is 0 Å². The van der Waals surface area contributed by atoms with E-state index in [1.165, 1.54) is 0 Å². The molecule has 0 aromatic carbocycles. The zero-order valence-electron chi connectivity index (χ0n) is 10.2. The normalized spacial score (nSPS) is 13.5. The molecule has 0 aliphatic heterocycles. The standard InChI is InChI=1S/C12H22N2O/c1-5-10(3)14(4)8-11-6-9(2)12(7-13)15-11/h6,10H,5,7-8,13H2,1-4H3. The third kappa shape index (κ3) is 3.08. The van der Waals surface area contributed by atoms with E-state index in [1.54, 1.807) is 0 Å². The summed E-state index contributed by atoms with van der Waals surface area (Å²) in [5.41, 5.74) is 6.73. The lowest BCUT2D eigenvalue weighted by Crippen LogP contribution is -2.27. The summed E-state index contributed by atoms with van der Waals surface area (Å²) >= 11 is 0. The van der Waals surface area contributed by atoms with Crippen LogP contribution in [0.3, 0.4) is 0 Å². The van der Waals surface area contributed by atoms with E-state index in [1.807, 2.05) is 6.92 Å². The van der Waals surface area contributed by atoms with Gasteiger partial charge in [0.05, 0.1) is 13.1 Å². The molecule has 0 aliphatic rings. The van der Waals surface area contributed by atoms with Crippen molar-refractivity contribution >= 4 is 0 Å². The van der Waals surface area contributed by atoms with Crippen LogP contribution in [0.1, 0.15) is 37.4 Å². The van der Waals surface area contributed by atoms with E-state index in [9.17, 15) is 0 Å². The van der Waals surface area contributed by atoms with E-state index in [2.05, 4.69) is 31.9 Å². The lowest BCUT2D eigenvalue weighted by Gasteiger charge is -2.21.